The minimum atomic E-state index is -4.99. The number of halogens is 4. The van der Waals surface area contributed by atoms with Crippen LogP contribution in [0.15, 0.2) is 59.6 Å². The Labute approximate surface area is 162 Å². The molecule has 11 heteroatoms. The zero-order valence-electron chi connectivity index (χ0n) is 14.7. The first-order valence-corrected chi connectivity index (χ1v) is 9.89. The normalized spacial score (nSPS) is 12.0. The van der Waals surface area contributed by atoms with E-state index in [-0.39, 0.29) is 10.6 Å². The lowest BCUT2D eigenvalue weighted by Gasteiger charge is -2.13. The number of anilines is 1. The molecule has 0 aliphatic carbocycles. The van der Waals surface area contributed by atoms with Gasteiger partial charge in [-0.1, -0.05) is 12.1 Å². The Morgan fingerprint density at radius 1 is 1.07 bits per heavy atom. The summed E-state index contributed by atoms with van der Waals surface area (Å²) in [6, 6.07) is 9.61. The van der Waals surface area contributed by atoms with Gasteiger partial charge in [-0.05, 0) is 36.4 Å². The fraction of sp³-hybridized carbons (Fsp3) is 0.111. The summed E-state index contributed by atoms with van der Waals surface area (Å²) in [4.78, 5) is 12.4. The number of hydrogen-bond acceptors (Lipinski definition) is 4. The van der Waals surface area contributed by atoms with Gasteiger partial charge in [0.05, 0.1) is 16.7 Å². The van der Waals surface area contributed by atoms with Crippen molar-refractivity contribution >= 4 is 21.4 Å². The largest absolute Gasteiger partial charge is 0.434 e. The number of para-hydroxylation sites is 1. The van der Waals surface area contributed by atoms with Gasteiger partial charge in [-0.25, -0.2) is 17.5 Å². The summed E-state index contributed by atoms with van der Waals surface area (Å²) in [5.41, 5.74) is -2.63. The summed E-state index contributed by atoms with van der Waals surface area (Å²) in [5, 5.41) is 5.79. The molecule has 1 aromatic heterocycles. The number of nitrogens with one attached hydrogen (secondary N) is 1. The average molecular weight is 427 g/mol. The van der Waals surface area contributed by atoms with Crippen molar-refractivity contribution in [2.75, 3.05) is 11.6 Å². The van der Waals surface area contributed by atoms with Gasteiger partial charge in [-0.3, -0.25) is 4.79 Å². The third-order valence-electron chi connectivity index (χ3n) is 3.90. The fourth-order valence-electron chi connectivity index (χ4n) is 2.58. The summed E-state index contributed by atoms with van der Waals surface area (Å²) in [6.07, 6.45) is -3.31. The van der Waals surface area contributed by atoms with Crippen LogP contribution in [-0.2, 0) is 16.0 Å². The first-order chi connectivity index (χ1) is 13.5. The summed E-state index contributed by atoms with van der Waals surface area (Å²) < 4.78 is 78.0. The van der Waals surface area contributed by atoms with E-state index in [9.17, 15) is 30.8 Å². The zero-order valence-corrected chi connectivity index (χ0v) is 15.6. The predicted octanol–water partition coefficient (Wildman–Crippen LogP) is 3.69. The molecular weight excluding hydrogens is 414 g/mol. The third-order valence-corrected chi connectivity index (χ3v) is 5.03. The molecule has 2 aromatic carbocycles. The lowest BCUT2D eigenvalue weighted by atomic mass is 10.2. The molecule has 0 saturated carbocycles. The van der Waals surface area contributed by atoms with Crippen molar-refractivity contribution in [2.45, 2.75) is 11.1 Å². The molecule has 29 heavy (non-hydrogen) atoms. The van der Waals surface area contributed by atoms with E-state index in [4.69, 9.17) is 0 Å². The second kappa shape index (κ2) is 7.32. The van der Waals surface area contributed by atoms with Crippen LogP contribution in [0.2, 0.25) is 0 Å². The number of amides is 1. The smallest absolute Gasteiger partial charge is 0.322 e. The molecule has 0 aliphatic rings. The monoisotopic (exact) mass is 427 g/mol. The van der Waals surface area contributed by atoms with Crippen molar-refractivity contribution in [3.8, 4) is 5.69 Å². The zero-order chi connectivity index (χ0) is 21.4. The van der Waals surface area contributed by atoms with Crippen LogP contribution in [0.5, 0.6) is 0 Å². The minimum absolute atomic E-state index is 0.0150. The highest BCUT2D eigenvalue weighted by atomic mass is 32.2. The number of aromatic nitrogens is 2. The van der Waals surface area contributed by atoms with E-state index in [1.54, 1.807) is 0 Å². The highest BCUT2D eigenvalue weighted by Gasteiger charge is 2.41. The molecule has 0 spiro atoms. The Morgan fingerprint density at radius 2 is 1.69 bits per heavy atom. The molecule has 0 bridgehead atoms. The van der Waals surface area contributed by atoms with Crippen molar-refractivity contribution in [1.29, 1.82) is 0 Å². The molecule has 0 aliphatic heterocycles. The van der Waals surface area contributed by atoms with Gasteiger partial charge in [0.25, 0.3) is 5.91 Å². The van der Waals surface area contributed by atoms with E-state index in [1.165, 1.54) is 36.4 Å². The maximum atomic E-state index is 14.0. The molecule has 6 nitrogen and oxygen atoms in total. The third kappa shape index (κ3) is 4.29. The minimum Gasteiger partial charge on any atom is -0.322 e. The molecule has 0 radical (unpaired) electrons. The van der Waals surface area contributed by atoms with Crippen LogP contribution in [0.4, 0.5) is 23.2 Å². The molecule has 0 fully saturated rings. The Balaban J connectivity index is 1.98. The molecular formula is C18H13F4N3O3S. The molecule has 1 amide bonds. The van der Waals surface area contributed by atoms with Gasteiger partial charge in [0.2, 0.25) is 0 Å². The van der Waals surface area contributed by atoms with E-state index < -0.39 is 44.7 Å². The molecule has 0 unspecified atom stereocenters. The Hall–Kier alpha value is -3.21. The first kappa shape index (κ1) is 20.5. The summed E-state index contributed by atoms with van der Waals surface area (Å²) in [7, 11) is -3.47. The molecule has 0 atom stereocenters. The number of alkyl halides is 3. The Morgan fingerprint density at radius 3 is 2.24 bits per heavy atom. The van der Waals surface area contributed by atoms with E-state index in [0.29, 0.717) is 10.9 Å². The number of nitrogens with zero attached hydrogens (tertiary/aromatic N) is 2. The number of benzene rings is 2. The lowest BCUT2D eigenvalue weighted by molar-refractivity contribution is -0.143. The van der Waals surface area contributed by atoms with Crippen LogP contribution in [0.3, 0.4) is 0 Å². The quantitative estimate of drug-likeness (QED) is 0.644. The fourth-order valence-corrected chi connectivity index (χ4v) is 3.21. The average Bonchev–Trinajstić information content (AvgIpc) is 3.07. The predicted molar refractivity (Wildman–Crippen MR) is 96.0 cm³/mol. The van der Waals surface area contributed by atoms with Crippen molar-refractivity contribution in [2.24, 2.45) is 0 Å². The maximum absolute atomic E-state index is 14.0. The standard InChI is InChI=1S/C18H13F4N3O3S/c1-29(27,28)12-8-6-11(7-9-12)24-17(26)13-10-23-25(16(13)18(20,21)22)15-5-3-2-4-14(15)19/h2-10H,1H3,(H,24,26). The molecule has 0 saturated heterocycles. The molecule has 152 valence electrons. The second-order valence-corrected chi connectivity index (χ2v) is 8.03. The number of sulfone groups is 1. The van der Waals surface area contributed by atoms with E-state index in [0.717, 1.165) is 18.4 Å². The van der Waals surface area contributed by atoms with E-state index in [1.807, 2.05) is 0 Å². The van der Waals surface area contributed by atoms with Crippen LogP contribution >= 0.6 is 0 Å². The Bertz CT molecular complexity index is 1170. The highest BCUT2D eigenvalue weighted by Crippen LogP contribution is 2.34. The van der Waals surface area contributed by atoms with Gasteiger partial charge in [-0.2, -0.15) is 18.3 Å². The number of rotatable bonds is 4. The number of hydrogen-bond donors (Lipinski definition) is 1. The van der Waals surface area contributed by atoms with Gasteiger partial charge in [0.15, 0.2) is 15.5 Å². The van der Waals surface area contributed by atoms with Crippen LogP contribution in [-0.4, -0.2) is 30.4 Å². The van der Waals surface area contributed by atoms with E-state index >= 15 is 0 Å². The molecule has 1 heterocycles. The molecule has 3 rings (SSSR count). The number of carbonyl (C=O) groups is 1. The van der Waals surface area contributed by atoms with Crippen LogP contribution in [0, 0.1) is 5.82 Å². The highest BCUT2D eigenvalue weighted by molar-refractivity contribution is 7.90. The van der Waals surface area contributed by atoms with Gasteiger partial charge >= 0.3 is 6.18 Å². The van der Waals surface area contributed by atoms with Crippen molar-refractivity contribution < 1.29 is 30.8 Å². The van der Waals surface area contributed by atoms with Crippen molar-refractivity contribution in [1.82, 2.24) is 9.78 Å². The number of carbonyl (C=O) groups excluding carboxylic acids is 1. The Kier molecular flexibility index (Phi) is 5.18. The van der Waals surface area contributed by atoms with Gasteiger partial charge in [-0.15, -0.1) is 0 Å². The van der Waals surface area contributed by atoms with Crippen LogP contribution in [0.25, 0.3) is 5.69 Å². The van der Waals surface area contributed by atoms with Crippen molar-refractivity contribution in [3.63, 3.8) is 0 Å². The summed E-state index contributed by atoms with van der Waals surface area (Å²) >= 11 is 0. The summed E-state index contributed by atoms with van der Waals surface area (Å²) in [5.74, 6) is -2.07. The van der Waals surface area contributed by atoms with Crippen LogP contribution in [0.1, 0.15) is 16.1 Å². The maximum Gasteiger partial charge on any atom is 0.434 e. The SMILES string of the molecule is CS(=O)(=O)c1ccc(NC(=O)c2cnn(-c3ccccc3F)c2C(F)(F)F)cc1. The summed E-state index contributed by atoms with van der Waals surface area (Å²) in [6.45, 7) is 0. The molecule has 3 aromatic rings. The van der Waals surface area contributed by atoms with Crippen LogP contribution < -0.4 is 5.32 Å². The van der Waals surface area contributed by atoms with Gasteiger partial charge in [0.1, 0.15) is 11.5 Å². The molecule has 1 N–H and O–H groups in total. The lowest BCUT2D eigenvalue weighted by Crippen LogP contribution is -2.21. The van der Waals surface area contributed by atoms with Crippen molar-refractivity contribution in [3.05, 3.63) is 71.8 Å². The van der Waals surface area contributed by atoms with Gasteiger partial charge in [0, 0.05) is 11.9 Å². The van der Waals surface area contributed by atoms with Gasteiger partial charge < -0.3 is 5.32 Å². The van der Waals surface area contributed by atoms with E-state index in [2.05, 4.69) is 10.4 Å². The topological polar surface area (TPSA) is 81.1 Å². The first-order valence-electron chi connectivity index (χ1n) is 8.00. The second-order valence-electron chi connectivity index (χ2n) is 6.02.